The molecule has 9 heteroatoms. The Morgan fingerprint density at radius 1 is 1.14 bits per heavy atom. The molecule has 0 saturated heterocycles. The maximum atomic E-state index is 12.3. The van der Waals surface area contributed by atoms with E-state index in [9.17, 15) is 13.6 Å². The molecule has 1 amide bonds. The molecular formula is C19H21ClF2N2O4. The van der Waals surface area contributed by atoms with Crippen LogP contribution in [0.4, 0.5) is 14.5 Å². The highest BCUT2D eigenvalue weighted by atomic mass is 35.5. The summed E-state index contributed by atoms with van der Waals surface area (Å²) in [6, 6.07) is 9.39. The van der Waals surface area contributed by atoms with Crippen molar-refractivity contribution < 1.29 is 27.8 Å². The number of hydrogen-bond acceptors (Lipinski definition) is 5. The number of halogens is 3. The van der Waals surface area contributed by atoms with Gasteiger partial charge in [-0.3, -0.25) is 9.69 Å². The first-order valence-corrected chi connectivity index (χ1v) is 8.63. The van der Waals surface area contributed by atoms with Crippen molar-refractivity contribution in [2.45, 2.75) is 13.2 Å². The molecule has 0 unspecified atom stereocenters. The Morgan fingerprint density at radius 3 is 2.36 bits per heavy atom. The fourth-order valence-corrected chi connectivity index (χ4v) is 2.78. The SMILES string of the molecule is COc1cc(OC)c(NC(=O)CN(C)Cc2ccc(OC(F)F)cc2)cc1Cl. The van der Waals surface area contributed by atoms with Gasteiger partial charge in [-0.2, -0.15) is 8.78 Å². The van der Waals surface area contributed by atoms with E-state index in [1.54, 1.807) is 36.2 Å². The Labute approximate surface area is 166 Å². The molecule has 1 N–H and O–H groups in total. The lowest BCUT2D eigenvalue weighted by molar-refractivity contribution is -0.117. The predicted octanol–water partition coefficient (Wildman–Crippen LogP) is 4.03. The lowest BCUT2D eigenvalue weighted by atomic mass is 10.2. The van der Waals surface area contributed by atoms with Crippen LogP contribution in [0.25, 0.3) is 0 Å². The van der Waals surface area contributed by atoms with E-state index in [0.29, 0.717) is 28.8 Å². The van der Waals surface area contributed by atoms with Crippen LogP contribution in [-0.4, -0.2) is 45.2 Å². The molecular weight excluding hydrogens is 394 g/mol. The molecule has 0 aliphatic rings. The number of carbonyl (C=O) groups excluding carboxylic acids is 1. The summed E-state index contributed by atoms with van der Waals surface area (Å²) in [7, 11) is 4.73. The first kappa shape index (κ1) is 21.7. The summed E-state index contributed by atoms with van der Waals surface area (Å²) in [6.07, 6.45) is 0. The second-order valence-corrected chi connectivity index (χ2v) is 6.34. The summed E-state index contributed by atoms with van der Waals surface area (Å²) in [5, 5.41) is 3.10. The van der Waals surface area contributed by atoms with Crippen molar-refractivity contribution in [3.63, 3.8) is 0 Å². The van der Waals surface area contributed by atoms with Gasteiger partial charge >= 0.3 is 6.61 Å². The largest absolute Gasteiger partial charge is 0.495 e. The first-order valence-electron chi connectivity index (χ1n) is 8.26. The zero-order valence-corrected chi connectivity index (χ0v) is 16.4. The molecule has 0 aliphatic carbocycles. The summed E-state index contributed by atoms with van der Waals surface area (Å²) in [4.78, 5) is 14.1. The van der Waals surface area contributed by atoms with Crippen molar-refractivity contribution in [2.75, 3.05) is 33.1 Å². The number of nitrogens with zero attached hydrogens (tertiary/aromatic N) is 1. The van der Waals surface area contributed by atoms with Gasteiger partial charge < -0.3 is 19.5 Å². The van der Waals surface area contributed by atoms with Crippen molar-refractivity contribution in [3.8, 4) is 17.2 Å². The summed E-state index contributed by atoms with van der Waals surface area (Å²) in [5.41, 5.74) is 1.28. The fraction of sp³-hybridized carbons (Fsp3) is 0.316. The van der Waals surface area contributed by atoms with E-state index >= 15 is 0 Å². The molecule has 28 heavy (non-hydrogen) atoms. The number of carbonyl (C=O) groups is 1. The van der Waals surface area contributed by atoms with Crippen LogP contribution in [-0.2, 0) is 11.3 Å². The number of nitrogens with one attached hydrogen (secondary N) is 1. The minimum absolute atomic E-state index is 0.0858. The minimum Gasteiger partial charge on any atom is -0.495 e. The van der Waals surface area contributed by atoms with Crippen LogP contribution >= 0.6 is 11.6 Å². The number of anilines is 1. The molecule has 152 valence electrons. The van der Waals surface area contributed by atoms with Gasteiger partial charge in [0, 0.05) is 12.6 Å². The number of benzene rings is 2. The third-order valence-electron chi connectivity index (χ3n) is 3.76. The average molecular weight is 415 g/mol. The summed E-state index contributed by atoms with van der Waals surface area (Å²) < 4.78 is 39.0. The van der Waals surface area contributed by atoms with Crippen LogP contribution in [0.1, 0.15) is 5.56 Å². The smallest absolute Gasteiger partial charge is 0.387 e. The fourth-order valence-electron chi connectivity index (χ4n) is 2.54. The van der Waals surface area contributed by atoms with Crippen LogP contribution in [0.15, 0.2) is 36.4 Å². The number of rotatable bonds is 9. The van der Waals surface area contributed by atoms with E-state index in [-0.39, 0.29) is 18.2 Å². The number of methoxy groups -OCH3 is 2. The summed E-state index contributed by atoms with van der Waals surface area (Å²) in [5.74, 6) is 0.682. The molecule has 0 atom stereocenters. The van der Waals surface area contributed by atoms with Gasteiger partial charge in [0.1, 0.15) is 17.2 Å². The third-order valence-corrected chi connectivity index (χ3v) is 4.06. The minimum atomic E-state index is -2.86. The Bertz CT molecular complexity index is 803. The van der Waals surface area contributed by atoms with Crippen LogP contribution < -0.4 is 19.5 Å². The van der Waals surface area contributed by atoms with E-state index in [1.165, 1.54) is 26.4 Å². The molecule has 2 aromatic rings. The number of likely N-dealkylation sites (N-methyl/N-ethyl adjacent to an activating group) is 1. The number of alkyl halides is 2. The second kappa shape index (κ2) is 10.1. The maximum absolute atomic E-state index is 12.3. The molecule has 0 saturated carbocycles. The lowest BCUT2D eigenvalue weighted by Crippen LogP contribution is -2.30. The van der Waals surface area contributed by atoms with Crippen molar-refractivity contribution in [3.05, 3.63) is 47.0 Å². The molecule has 2 aromatic carbocycles. The van der Waals surface area contributed by atoms with Crippen LogP contribution in [0.3, 0.4) is 0 Å². The maximum Gasteiger partial charge on any atom is 0.387 e. The number of hydrogen-bond donors (Lipinski definition) is 1. The number of ether oxygens (including phenoxy) is 3. The van der Waals surface area contributed by atoms with E-state index in [2.05, 4.69) is 10.1 Å². The molecule has 0 radical (unpaired) electrons. The topological polar surface area (TPSA) is 60.0 Å². The Balaban J connectivity index is 1.95. The first-order chi connectivity index (χ1) is 13.3. The quantitative estimate of drug-likeness (QED) is 0.671. The van der Waals surface area contributed by atoms with Gasteiger partial charge in [-0.15, -0.1) is 0 Å². The molecule has 0 aliphatic heterocycles. The van der Waals surface area contributed by atoms with E-state index < -0.39 is 6.61 Å². The Hall–Kier alpha value is -2.58. The molecule has 6 nitrogen and oxygen atoms in total. The van der Waals surface area contributed by atoms with Crippen LogP contribution in [0.2, 0.25) is 5.02 Å². The van der Waals surface area contributed by atoms with Crippen molar-refractivity contribution in [1.29, 1.82) is 0 Å². The summed E-state index contributed by atoms with van der Waals surface area (Å²) in [6.45, 7) is -2.31. The van der Waals surface area contributed by atoms with Crippen LogP contribution in [0, 0.1) is 0 Å². The van der Waals surface area contributed by atoms with Gasteiger partial charge in [0.25, 0.3) is 0 Å². The summed E-state index contributed by atoms with van der Waals surface area (Å²) >= 11 is 6.10. The third kappa shape index (κ3) is 6.24. The van der Waals surface area contributed by atoms with Gasteiger partial charge in [-0.05, 0) is 30.8 Å². The second-order valence-electron chi connectivity index (χ2n) is 5.93. The average Bonchev–Trinajstić information content (AvgIpc) is 2.63. The van der Waals surface area contributed by atoms with Crippen molar-refractivity contribution in [1.82, 2.24) is 4.90 Å². The van der Waals surface area contributed by atoms with Gasteiger partial charge in [-0.25, -0.2) is 0 Å². The standard InChI is InChI=1S/C19H21ClF2N2O4/c1-24(10-12-4-6-13(7-5-12)28-19(21)22)11-18(25)23-15-8-14(20)16(26-2)9-17(15)27-3/h4-9,19H,10-11H2,1-3H3,(H,23,25). The van der Waals surface area contributed by atoms with Gasteiger partial charge in [0.2, 0.25) is 5.91 Å². The van der Waals surface area contributed by atoms with Gasteiger partial charge in [0.15, 0.2) is 0 Å². The molecule has 0 bridgehead atoms. The van der Waals surface area contributed by atoms with Crippen molar-refractivity contribution in [2.24, 2.45) is 0 Å². The van der Waals surface area contributed by atoms with Crippen molar-refractivity contribution >= 4 is 23.2 Å². The number of amides is 1. The Kier molecular flexibility index (Phi) is 7.83. The molecule has 2 rings (SSSR count). The van der Waals surface area contributed by atoms with Crippen LogP contribution in [0.5, 0.6) is 17.2 Å². The monoisotopic (exact) mass is 414 g/mol. The highest BCUT2D eigenvalue weighted by Crippen LogP contribution is 2.35. The van der Waals surface area contributed by atoms with Gasteiger partial charge in [0.05, 0.1) is 31.5 Å². The normalized spacial score (nSPS) is 10.9. The zero-order chi connectivity index (χ0) is 20.7. The lowest BCUT2D eigenvalue weighted by Gasteiger charge is -2.18. The molecule has 0 heterocycles. The van der Waals surface area contributed by atoms with Gasteiger partial charge in [-0.1, -0.05) is 23.7 Å². The Morgan fingerprint density at radius 2 is 1.79 bits per heavy atom. The predicted molar refractivity (Wildman–Crippen MR) is 103 cm³/mol. The molecule has 0 aromatic heterocycles. The highest BCUT2D eigenvalue weighted by Gasteiger charge is 2.14. The zero-order valence-electron chi connectivity index (χ0n) is 15.7. The molecule has 0 fully saturated rings. The van der Waals surface area contributed by atoms with E-state index in [1.807, 2.05) is 0 Å². The highest BCUT2D eigenvalue weighted by molar-refractivity contribution is 6.32. The van der Waals surface area contributed by atoms with E-state index in [4.69, 9.17) is 21.1 Å². The molecule has 0 spiro atoms. The van der Waals surface area contributed by atoms with E-state index in [0.717, 1.165) is 5.56 Å².